The lowest BCUT2D eigenvalue weighted by atomic mass is 9.92. The Hall–Kier alpha value is -1.39. The van der Waals surface area contributed by atoms with Crippen molar-refractivity contribution in [2.45, 2.75) is 43.7 Å². The third-order valence-electron chi connectivity index (χ3n) is 3.61. The zero-order valence-electron chi connectivity index (χ0n) is 9.99. The van der Waals surface area contributed by atoms with Crippen LogP contribution in [-0.4, -0.2) is 29.4 Å². The van der Waals surface area contributed by atoms with Crippen molar-refractivity contribution in [1.29, 1.82) is 0 Å². The van der Waals surface area contributed by atoms with E-state index in [1.807, 2.05) is 30.3 Å². The van der Waals surface area contributed by atoms with Gasteiger partial charge in [0.15, 0.2) is 0 Å². The smallest absolute Gasteiger partial charge is 0.306 e. The molecule has 0 radical (unpaired) electrons. The second kappa shape index (κ2) is 4.71. The quantitative estimate of drug-likeness (QED) is 0.767. The summed E-state index contributed by atoms with van der Waals surface area (Å²) in [6.07, 6.45) is 0.00220. The molecule has 1 aromatic carbocycles. The molecule has 2 fully saturated rings. The zero-order chi connectivity index (χ0) is 12.5. The molecule has 4 atom stereocenters. The molecule has 2 heterocycles. The van der Waals surface area contributed by atoms with E-state index in [1.54, 1.807) is 0 Å². The number of hydrogen-bond donors (Lipinski definition) is 1. The van der Waals surface area contributed by atoms with Gasteiger partial charge >= 0.3 is 5.97 Å². The lowest BCUT2D eigenvalue weighted by molar-refractivity contribution is -0.184. The van der Waals surface area contributed by atoms with Crippen LogP contribution in [0.4, 0.5) is 0 Å². The van der Waals surface area contributed by atoms with Gasteiger partial charge in [0.2, 0.25) is 0 Å². The average molecular weight is 248 g/mol. The summed E-state index contributed by atoms with van der Waals surface area (Å²) >= 11 is 0. The molecule has 2 saturated heterocycles. The molecule has 2 bridgehead atoms. The first-order chi connectivity index (χ1) is 8.74. The molecule has 0 amide bonds. The summed E-state index contributed by atoms with van der Waals surface area (Å²) in [5, 5.41) is 10.3. The van der Waals surface area contributed by atoms with E-state index in [0.29, 0.717) is 19.3 Å². The molecule has 2 aliphatic heterocycles. The second-order valence-electron chi connectivity index (χ2n) is 4.88. The fraction of sp³-hybridized carbons (Fsp3) is 0.500. The van der Waals surface area contributed by atoms with E-state index in [0.717, 1.165) is 5.56 Å². The third-order valence-corrected chi connectivity index (χ3v) is 3.61. The summed E-state index contributed by atoms with van der Waals surface area (Å²) < 4.78 is 11.2. The van der Waals surface area contributed by atoms with E-state index in [4.69, 9.17) is 9.47 Å². The Labute approximate surface area is 106 Å². The van der Waals surface area contributed by atoms with Crippen LogP contribution in [0.15, 0.2) is 30.3 Å². The molecule has 0 aromatic heterocycles. The summed E-state index contributed by atoms with van der Waals surface area (Å²) in [6.45, 7) is 0. The summed E-state index contributed by atoms with van der Waals surface area (Å²) in [7, 11) is 0. The van der Waals surface area contributed by atoms with E-state index >= 15 is 0 Å². The maximum atomic E-state index is 11.4. The average Bonchev–Trinajstić information content (AvgIpc) is 2.55. The predicted molar refractivity (Wildman–Crippen MR) is 63.8 cm³/mol. The highest BCUT2D eigenvalue weighted by molar-refractivity contribution is 5.70. The van der Waals surface area contributed by atoms with Crippen LogP contribution in [0.3, 0.4) is 0 Å². The standard InChI is InChI=1S/C14H16O4/c15-12-7-6-10-8-11(18-12)13(16)14(17-10)9-4-2-1-3-5-9/h1-5,10-11,13-14,16H,6-8H2/t10-,11+,13+,14-/m1/s1. The normalized spacial score (nSPS) is 35.7. The van der Waals surface area contributed by atoms with Gasteiger partial charge in [0, 0.05) is 12.8 Å². The van der Waals surface area contributed by atoms with Crippen LogP contribution in [-0.2, 0) is 14.3 Å². The SMILES string of the molecule is O=C1CC[C@@H]2C[C@H](O1)[C@H](O)[C@@H](c1ccccc1)O2. The Morgan fingerprint density at radius 2 is 2.00 bits per heavy atom. The van der Waals surface area contributed by atoms with Crippen LogP contribution >= 0.6 is 0 Å². The molecule has 1 aromatic rings. The van der Waals surface area contributed by atoms with Gasteiger partial charge in [0.25, 0.3) is 0 Å². The molecule has 0 spiro atoms. The second-order valence-corrected chi connectivity index (χ2v) is 4.88. The highest BCUT2D eigenvalue weighted by atomic mass is 16.6. The maximum absolute atomic E-state index is 11.4. The van der Waals surface area contributed by atoms with Crippen LogP contribution < -0.4 is 0 Å². The van der Waals surface area contributed by atoms with Crippen molar-refractivity contribution in [2.24, 2.45) is 0 Å². The highest BCUT2D eigenvalue weighted by Crippen LogP contribution is 2.36. The van der Waals surface area contributed by atoms with Gasteiger partial charge in [0.05, 0.1) is 6.10 Å². The van der Waals surface area contributed by atoms with Crippen LogP contribution in [0, 0.1) is 0 Å². The molecular formula is C14H16O4. The van der Waals surface area contributed by atoms with Crippen molar-refractivity contribution < 1.29 is 19.4 Å². The van der Waals surface area contributed by atoms with Gasteiger partial charge in [-0.3, -0.25) is 4.79 Å². The van der Waals surface area contributed by atoms with E-state index in [9.17, 15) is 9.90 Å². The van der Waals surface area contributed by atoms with Crippen LogP contribution in [0.2, 0.25) is 0 Å². The minimum Gasteiger partial charge on any atom is -0.459 e. The van der Waals surface area contributed by atoms with E-state index < -0.39 is 18.3 Å². The van der Waals surface area contributed by atoms with Gasteiger partial charge in [-0.05, 0) is 12.0 Å². The van der Waals surface area contributed by atoms with Crippen LogP contribution in [0.25, 0.3) is 0 Å². The van der Waals surface area contributed by atoms with Gasteiger partial charge in [0.1, 0.15) is 18.3 Å². The van der Waals surface area contributed by atoms with Gasteiger partial charge in [-0.15, -0.1) is 0 Å². The van der Waals surface area contributed by atoms with Gasteiger partial charge < -0.3 is 14.6 Å². The van der Waals surface area contributed by atoms with Gasteiger partial charge in [-0.2, -0.15) is 0 Å². The number of hydrogen-bond acceptors (Lipinski definition) is 4. The molecule has 4 nitrogen and oxygen atoms in total. The first-order valence-corrected chi connectivity index (χ1v) is 6.32. The minimum atomic E-state index is -0.786. The number of esters is 1. The van der Waals surface area contributed by atoms with Crippen molar-refractivity contribution in [3.63, 3.8) is 0 Å². The number of fused-ring (bicyclic) bond motifs is 2. The fourth-order valence-electron chi connectivity index (χ4n) is 2.67. The van der Waals surface area contributed by atoms with Gasteiger partial charge in [-0.1, -0.05) is 30.3 Å². The molecule has 0 aliphatic carbocycles. The first kappa shape index (κ1) is 11.7. The van der Waals surface area contributed by atoms with Crippen molar-refractivity contribution in [3.8, 4) is 0 Å². The Morgan fingerprint density at radius 1 is 1.22 bits per heavy atom. The van der Waals surface area contributed by atoms with Crippen molar-refractivity contribution in [3.05, 3.63) is 35.9 Å². The Balaban J connectivity index is 1.86. The largest absolute Gasteiger partial charge is 0.459 e. The zero-order valence-corrected chi connectivity index (χ0v) is 9.99. The van der Waals surface area contributed by atoms with Crippen LogP contribution in [0.1, 0.15) is 30.9 Å². The Morgan fingerprint density at radius 3 is 2.78 bits per heavy atom. The number of carbonyl (C=O) groups excluding carboxylic acids is 1. The van der Waals surface area contributed by atoms with E-state index in [2.05, 4.69) is 0 Å². The number of aliphatic hydroxyl groups is 1. The lowest BCUT2D eigenvalue weighted by Crippen LogP contribution is -2.43. The molecule has 0 unspecified atom stereocenters. The van der Waals surface area contributed by atoms with Crippen LogP contribution in [0.5, 0.6) is 0 Å². The molecule has 4 heteroatoms. The maximum Gasteiger partial charge on any atom is 0.306 e. The molecule has 3 rings (SSSR count). The van der Waals surface area contributed by atoms with Crippen molar-refractivity contribution in [1.82, 2.24) is 0 Å². The first-order valence-electron chi connectivity index (χ1n) is 6.32. The summed E-state index contributed by atoms with van der Waals surface area (Å²) in [5.74, 6) is -0.237. The van der Waals surface area contributed by atoms with Crippen molar-refractivity contribution in [2.75, 3.05) is 0 Å². The highest BCUT2D eigenvalue weighted by Gasteiger charge is 2.42. The lowest BCUT2D eigenvalue weighted by Gasteiger charge is -2.37. The molecule has 0 saturated carbocycles. The third kappa shape index (κ3) is 2.13. The summed E-state index contributed by atoms with van der Waals surface area (Å²) in [6, 6.07) is 9.59. The molecule has 1 N–H and O–H groups in total. The minimum absolute atomic E-state index is 0.00458. The van der Waals surface area contributed by atoms with E-state index in [-0.39, 0.29) is 12.1 Å². The predicted octanol–water partition coefficient (Wildman–Crippen LogP) is 1.58. The topological polar surface area (TPSA) is 55.8 Å². The van der Waals surface area contributed by atoms with Gasteiger partial charge in [-0.25, -0.2) is 0 Å². The fourth-order valence-corrected chi connectivity index (χ4v) is 2.67. The molecule has 2 aliphatic rings. The Kier molecular flexibility index (Phi) is 3.06. The summed E-state index contributed by atoms with van der Waals surface area (Å²) in [4.78, 5) is 11.4. The number of benzene rings is 1. The molecule has 96 valence electrons. The number of ether oxygens (including phenoxy) is 2. The number of carbonyl (C=O) groups is 1. The monoisotopic (exact) mass is 248 g/mol. The number of aliphatic hydroxyl groups excluding tert-OH is 1. The summed E-state index contributed by atoms with van der Waals surface area (Å²) in [5.41, 5.74) is 0.928. The van der Waals surface area contributed by atoms with Crippen molar-refractivity contribution >= 4 is 5.97 Å². The molecular weight excluding hydrogens is 232 g/mol. The Bertz CT molecular complexity index is 431. The van der Waals surface area contributed by atoms with E-state index in [1.165, 1.54) is 0 Å². The number of rotatable bonds is 1. The molecule has 18 heavy (non-hydrogen) atoms.